The second-order valence-electron chi connectivity index (χ2n) is 8.41. The number of benzene rings is 1. The zero-order valence-corrected chi connectivity index (χ0v) is 16.1. The molecular formula is C22H30N2O3. The van der Waals surface area contributed by atoms with E-state index in [-0.39, 0.29) is 11.3 Å². The molecule has 0 radical (unpaired) electrons. The van der Waals surface area contributed by atoms with Crippen LogP contribution in [-0.2, 0) is 9.59 Å². The standard InChI is InChI=1S/C22H30N2O3/c25-20(10-15-27-19-8-2-1-3-9-19)24-14-12-22(17-24)11-5-13-23(21(22)26)16-18-6-4-7-18/h1-3,8-9,18H,4-7,10-17H2/t22-/m1/s1. The summed E-state index contributed by atoms with van der Waals surface area (Å²) in [5.41, 5.74) is -0.321. The van der Waals surface area contributed by atoms with Crippen molar-refractivity contribution in [3.05, 3.63) is 30.3 Å². The molecule has 1 aliphatic carbocycles. The van der Waals surface area contributed by atoms with Crippen LogP contribution in [0.5, 0.6) is 5.75 Å². The molecule has 2 amide bonds. The van der Waals surface area contributed by atoms with E-state index in [0.717, 1.165) is 38.1 Å². The van der Waals surface area contributed by atoms with Gasteiger partial charge in [0.1, 0.15) is 5.75 Å². The van der Waals surface area contributed by atoms with Crippen LogP contribution in [-0.4, -0.2) is 54.4 Å². The smallest absolute Gasteiger partial charge is 0.230 e. The minimum absolute atomic E-state index is 0.103. The Morgan fingerprint density at radius 3 is 2.67 bits per heavy atom. The largest absolute Gasteiger partial charge is 0.493 e. The first-order valence-electron chi connectivity index (χ1n) is 10.4. The number of hydrogen-bond donors (Lipinski definition) is 0. The highest BCUT2D eigenvalue weighted by Gasteiger charge is 2.49. The van der Waals surface area contributed by atoms with Crippen LogP contribution >= 0.6 is 0 Å². The van der Waals surface area contributed by atoms with Crippen molar-refractivity contribution in [2.24, 2.45) is 11.3 Å². The van der Waals surface area contributed by atoms with Gasteiger partial charge in [-0.1, -0.05) is 24.6 Å². The molecule has 1 spiro atoms. The highest BCUT2D eigenvalue weighted by Crippen LogP contribution is 2.41. The second-order valence-corrected chi connectivity index (χ2v) is 8.41. The lowest BCUT2D eigenvalue weighted by Crippen LogP contribution is -2.52. The molecule has 27 heavy (non-hydrogen) atoms. The average molecular weight is 370 g/mol. The molecule has 0 N–H and O–H groups in total. The molecule has 3 aliphatic rings. The van der Waals surface area contributed by atoms with E-state index >= 15 is 0 Å². The van der Waals surface area contributed by atoms with E-state index < -0.39 is 0 Å². The molecule has 0 bridgehead atoms. The zero-order valence-electron chi connectivity index (χ0n) is 16.1. The van der Waals surface area contributed by atoms with Gasteiger partial charge in [-0.3, -0.25) is 9.59 Å². The van der Waals surface area contributed by atoms with E-state index in [9.17, 15) is 9.59 Å². The number of rotatable bonds is 6. The van der Waals surface area contributed by atoms with Gasteiger partial charge in [0.05, 0.1) is 18.4 Å². The molecule has 5 heteroatoms. The summed E-state index contributed by atoms with van der Waals surface area (Å²) in [6.07, 6.45) is 7.02. The molecule has 1 atom stereocenters. The normalized spacial score (nSPS) is 25.7. The molecule has 1 saturated carbocycles. The van der Waals surface area contributed by atoms with Gasteiger partial charge in [-0.25, -0.2) is 0 Å². The van der Waals surface area contributed by atoms with Crippen molar-refractivity contribution in [2.75, 3.05) is 32.8 Å². The molecule has 2 heterocycles. The van der Waals surface area contributed by atoms with E-state index in [4.69, 9.17) is 4.74 Å². The fourth-order valence-electron chi connectivity index (χ4n) is 4.71. The maximum Gasteiger partial charge on any atom is 0.230 e. The summed E-state index contributed by atoms with van der Waals surface area (Å²) in [5, 5.41) is 0. The van der Waals surface area contributed by atoms with Crippen LogP contribution in [0.4, 0.5) is 0 Å². The summed E-state index contributed by atoms with van der Waals surface area (Å²) in [4.78, 5) is 29.7. The number of para-hydroxylation sites is 1. The predicted octanol–water partition coefficient (Wildman–Crippen LogP) is 3.10. The zero-order chi connectivity index (χ0) is 18.7. The molecule has 1 aromatic rings. The average Bonchev–Trinajstić information content (AvgIpc) is 3.08. The molecule has 4 rings (SSSR count). The number of nitrogens with zero attached hydrogens (tertiary/aromatic N) is 2. The van der Waals surface area contributed by atoms with Gasteiger partial charge in [0.15, 0.2) is 0 Å². The Hall–Kier alpha value is -2.04. The van der Waals surface area contributed by atoms with Crippen molar-refractivity contribution in [3.8, 4) is 5.75 Å². The van der Waals surface area contributed by atoms with E-state index in [0.29, 0.717) is 37.9 Å². The predicted molar refractivity (Wildman–Crippen MR) is 103 cm³/mol. The summed E-state index contributed by atoms with van der Waals surface area (Å²) < 4.78 is 5.65. The number of likely N-dealkylation sites (tertiary alicyclic amines) is 2. The first-order valence-corrected chi connectivity index (χ1v) is 10.4. The highest BCUT2D eigenvalue weighted by molar-refractivity contribution is 5.86. The summed E-state index contributed by atoms with van der Waals surface area (Å²) in [6.45, 7) is 3.51. The van der Waals surface area contributed by atoms with Crippen LogP contribution in [0.2, 0.25) is 0 Å². The molecule has 2 aliphatic heterocycles. The molecule has 0 aromatic heterocycles. The Morgan fingerprint density at radius 2 is 1.93 bits per heavy atom. The van der Waals surface area contributed by atoms with Gasteiger partial charge in [0, 0.05) is 26.2 Å². The maximum absolute atomic E-state index is 13.2. The Kier molecular flexibility index (Phi) is 5.37. The van der Waals surface area contributed by atoms with Gasteiger partial charge in [0.25, 0.3) is 0 Å². The Balaban J connectivity index is 1.29. The lowest BCUT2D eigenvalue weighted by molar-refractivity contribution is -0.147. The van der Waals surface area contributed by atoms with Crippen molar-refractivity contribution in [3.63, 3.8) is 0 Å². The number of carbonyl (C=O) groups excluding carboxylic acids is 2. The molecule has 0 unspecified atom stereocenters. The number of amides is 2. The summed E-state index contributed by atoms with van der Waals surface area (Å²) in [6, 6.07) is 9.58. The van der Waals surface area contributed by atoms with Gasteiger partial charge in [-0.15, -0.1) is 0 Å². The third-order valence-corrected chi connectivity index (χ3v) is 6.56. The van der Waals surface area contributed by atoms with Crippen molar-refractivity contribution in [2.45, 2.75) is 44.9 Å². The number of piperidine rings is 1. The van der Waals surface area contributed by atoms with E-state index in [1.165, 1.54) is 19.3 Å². The third kappa shape index (κ3) is 3.97. The van der Waals surface area contributed by atoms with E-state index in [1.807, 2.05) is 35.2 Å². The summed E-state index contributed by atoms with van der Waals surface area (Å²) in [5.74, 6) is 1.90. The van der Waals surface area contributed by atoms with Gasteiger partial charge < -0.3 is 14.5 Å². The van der Waals surface area contributed by atoms with Crippen molar-refractivity contribution in [1.29, 1.82) is 0 Å². The van der Waals surface area contributed by atoms with Crippen LogP contribution in [0.1, 0.15) is 44.9 Å². The minimum Gasteiger partial charge on any atom is -0.493 e. The van der Waals surface area contributed by atoms with Crippen molar-refractivity contribution >= 4 is 11.8 Å². The molecule has 5 nitrogen and oxygen atoms in total. The van der Waals surface area contributed by atoms with Crippen LogP contribution in [0.3, 0.4) is 0 Å². The third-order valence-electron chi connectivity index (χ3n) is 6.56. The fourth-order valence-corrected chi connectivity index (χ4v) is 4.71. The van der Waals surface area contributed by atoms with Gasteiger partial charge >= 0.3 is 0 Å². The first kappa shape index (κ1) is 18.3. The van der Waals surface area contributed by atoms with Crippen molar-refractivity contribution in [1.82, 2.24) is 9.80 Å². The first-order chi connectivity index (χ1) is 13.2. The molecular weight excluding hydrogens is 340 g/mol. The van der Waals surface area contributed by atoms with Crippen LogP contribution < -0.4 is 4.74 Å². The number of ether oxygens (including phenoxy) is 1. The number of hydrogen-bond acceptors (Lipinski definition) is 3. The molecule has 1 aromatic carbocycles. The van der Waals surface area contributed by atoms with Crippen LogP contribution in [0.15, 0.2) is 30.3 Å². The monoisotopic (exact) mass is 370 g/mol. The summed E-state index contributed by atoms with van der Waals surface area (Å²) in [7, 11) is 0. The maximum atomic E-state index is 13.2. The van der Waals surface area contributed by atoms with E-state index in [2.05, 4.69) is 4.90 Å². The van der Waals surface area contributed by atoms with Gasteiger partial charge in [-0.05, 0) is 50.2 Å². The molecule has 2 saturated heterocycles. The SMILES string of the molecule is O=C(CCOc1ccccc1)N1CC[C@]2(CCCN(CC3CCC3)C2=O)C1. The van der Waals surface area contributed by atoms with Crippen LogP contribution in [0.25, 0.3) is 0 Å². The minimum atomic E-state index is -0.321. The Bertz CT molecular complexity index is 673. The fraction of sp³-hybridized carbons (Fsp3) is 0.636. The van der Waals surface area contributed by atoms with Crippen molar-refractivity contribution < 1.29 is 14.3 Å². The topological polar surface area (TPSA) is 49.9 Å². The Labute approximate surface area is 161 Å². The summed E-state index contributed by atoms with van der Waals surface area (Å²) >= 11 is 0. The lowest BCUT2D eigenvalue weighted by Gasteiger charge is -2.42. The van der Waals surface area contributed by atoms with E-state index in [1.54, 1.807) is 0 Å². The Morgan fingerprint density at radius 1 is 1.11 bits per heavy atom. The number of carbonyl (C=O) groups is 2. The van der Waals surface area contributed by atoms with Gasteiger partial charge in [0.2, 0.25) is 11.8 Å². The molecule has 3 fully saturated rings. The lowest BCUT2D eigenvalue weighted by atomic mass is 9.77. The molecule has 146 valence electrons. The van der Waals surface area contributed by atoms with Gasteiger partial charge in [-0.2, -0.15) is 0 Å². The quantitative estimate of drug-likeness (QED) is 0.773. The second kappa shape index (κ2) is 7.91. The van der Waals surface area contributed by atoms with Crippen LogP contribution in [0, 0.1) is 11.3 Å². The highest BCUT2D eigenvalue weighted by atomic mass is 16.5.